The quantitative estimate of drug-likeness (QED) is 0.653. The van der Waals surface area contributed by atoms with Gasteiger partial charge in [-0.15, -0.1) is 0 Å². The molecule has 1 aromatic rings. The lowest BCUT2D eigenvalue weighted by Crippen LogP contribution is -2.38. The zero-order valence-electron chi connectivity index (χ0n) is 6.80. The van der Waals surface area contributed by atoms with Gasteiger partial charge in [-0.2, -0.15) is 0 Å². The molecule has 5 nitrogen and oxygen atoms in total. The summed E-state index contributed by atoms with van der Waals surface area (Å²) >= 11 is 3.18. The van der Waals surface area contributed by atoms with E-state index >= 15 is 0 Å². The molecule has 13 heavy (non-hydrogen) atoms. The number of hydrogen-bond donors (Lipinski definition) is 1. The van der Waals surface area contributed by atoms with Gasteiger partial charge in [-0.05, 0) is 15.9 Å². The van der Waals surface area contributed by atoms with Crippen LogP contribution in [0, 0.1) is 0 Å². The van der Waals surface area contributed by atoms with Gasteiger partial charge in [-0.1, -0.05) is 0 Å². The number of nitrogens with one attached hydrogen (secondary N) is 1. The van der Waals surface area contributed by atoms with Gasteiger partial charge in [-0.25, -0.2) is 4.98 Å². The first-order valence-electron chi connectivity index (χ1n) is 3.65. The van der Waals surface area contributed by atoms with Crippen LogP contribution in [0.1, 0.15) is 16.2 Å². The molecule has 1 aliphatic rings. The number of fused-ring (bicyclic) bond motifs is 1. The monoisotopic (exact) mass is 243 g/mol. The minimum atomic E-state index is -0.382. The van der Waals surface area contributed by atoms with Crippen LogP contribution in [0.15, 0.2) is 4.73 Å². The third-order valence-corrected chi connectivity index (χ3v) is 2.62. The summed E-state index contributed by atoms with van der Waals surface area (Å²) < 4.78 is 2.17. The van der Waals surface area contributed by atoms with Crippen LogP contribution < -0.4 is 5.32 Å². The van der Waals surface area contributed by atoms with Crippen LogP contribution in [0.3, 0.4) is 0 Å². The topological polar surface area (TPSA) is 64.0 Å². The van der Waals surface area contributed by atoms with E-state index in [-0.39, 0.29) is 18.2 Å². The molecular weight excluding hydrogens is 238 g/mol. The number of aromatic nitrogens is 2. The van der Waals surface area contributed by atoms with Crippen LogP contribution >= 0.6 is 15.9 Å². The Morgan fingerprint density at radius 3 is 2.92 bits per heavy atom. The van der Waals surface area contributed by atoms with E-state index in [2.05, 4.69) is 26.2 Å². The number of imidazole rings is 1. The first-order chi connectivity index (χ1) is 6.09. The van der Waals surface area contributed by atoms with Crippen molar-refractivity contribution in [2.45, 2.75) is 6.42 Å². The van der Waals surface area contributed by atoms with E-state index in [1.807, 2.05) is 0 Å². The Bertz CT molecular complexity index is 410. The van der Waals surface area contributed by atoms with E-state index in [0.717, 1.165) is 0 Å². The Labute approximate surface area is 82.3 Å². The smallest absolute Gasteiger partial charge is 0.276 e. The van der Waals surface area contributed by atoms with E-state index in [4.69, 9.17) is 0 Å². The summed E-state index contributed by atoms with van der Waals surface area (Å²) in [6.07, 6.45) is 0.167. The van der Waals surface area contributed by atoms with Crippen molar-refractivity contribution in [2.24, 2.45) is 7.05 Å². The minimum absolute atomic E-state index is 0.167. The molecule has 0 aromatic carbocycles. The second kappa shape index (κ2) is 2.66. The third-order valence-electron chi connectivity index (χ3n) is 1.91. The van der Waals surface area contributed by atoms with Crippen LogP contribution in [-0.4, -0.2) is 21.4 Å². The molecule has 1 aliphatic heterocycles. The van der Waals surface area contributed by atoms with Crippen LogP contribution in [0.2, 0.25) is 0 Å². The first kappa shape index (κ1) is 8.43. The molecule has 0 saturated carbocycles. The highest BCUT2D eigenvalue weighted by Crippen LogP contribution is 2.18. The molecular formula is C7H6BrN3O2. The van der Waals surface area contributed by atoms with Crippen LogP contribution in [0.5, 0.6) is 0 Å². The van der Waals surface area contributed by atoms with Gasteiger partial charge in [0.2, 0.25) is 5.91 Å². The van der Waals surface area contributed by atoms with Crippen molar-refractivity contribution < 1.29 is 9.59 Å². The standard InChI is InChI=1S/C7H6BrN3O2/c1-11-5-3(9-7(11)8)2-4(12)10-6(5)13/h2H2,1H3,(H,10,12,13). The molecule has 1 aromatic heterocycles. The normalized spacial score (nSPS) is 15.5. The lowest BCUT2D eigenvalue weighted by molar-refractivity contribution is -0.119. The summed E-state index contributed by atoms with van der Waals surface area (Å²) in [4.78, 5) is 26.3. The summed E-state index contributed by atoms with van der Waals surface area (Å²) in [5, 5.41) is 2.23. The van der Waals surface area contributed by atoms with E-state index in [9.17, 15) is 9.59 Å². The molecule has 0 bridgehead atoms. The molecule has 0 unspecified atom stereocenters. The van der Waals surface area contributed by atoms with Gasteiger partial charge in [0.1, 0.15) is 5.69 Å². The Balaban J connectivity index is 2.62. The molecule has 6 heteroatoms. The van der Waals surface area contributed by atoms with Gasteiger partial charge in [0.05, 0.1) is 12.1 Å². The Morgan fingerprint density at radius 1 is 1.54 bits per heavy atom. The highest BCUT2D eigenvalue weighted by Gasteiger charge is 2.27. The number of hydrogen-bond acceptors (Lipinski definition) is 3. The fourth-order valence-electron chi connectivity index (χ4n) is 1.31. The van der Waals surface area contributed by atoms with Gasteiger partial charge in [0, 0.05) is 7.05 Å². The number of amides is 2. The number of nitrogens with zero attached hydrogens (tertiary/aromatic N) is 2. The molecule has 0 saturated heterocycles. The molecule has 2 heterocycles. The predicted octanol–water partition coefficient (Wildman–Crippen LogP) is -0.00490. The molecule has 0 spiro atoms. The third kappa shape index (κ3) is 1.17. The zero-order chi connectivity index (χ0) is 9.59. The maximum Gasteiger partial charge on any atom is 0.276 e. The van der Waals surface area contributed by atoms with Crippen molar-refractivity contribution >= 4 is 27.7 Å². The Morgan fingerprint density at radius 2 is 2.23 bits per heavy atom. The average Bonchev–Trinajstić information content (AvgIpc) is 2.27. The van der Waals surface area contributed by atoms with Crippen molar-refractivity contribution in [3.63, 3.8) is 0 Å². The maximum absolute atomic E-state index is 11.3. The fraction of sp³-hybridized carbons (Fsp3) is 0.286. The van der Waals surface area contributed by atoms with E-state index in [0.29, 0.717) is 16.1 Å². The molecule has 2 amide bonds. The van der Waals surface area contributed by atoms with Gasteiger partial charge >= 0.3 is 0 Å². The number of carbonyl (C=O) groups is 2. The lowest BCUT2D eigenvalue weighted by atomic mass is 10.1. The van der Waals surface area contributed by atoms with Crippen LogP contribution in [0.25, 0.3) is 0 Å². The lowest BCUT2D eigenvalue weighted by Gasteiger charge is -2.10. The van der Waals surface area contributed by atoms with Gasteiger partial charge < -0.3 is 4.57 Å². The Hall–Kier alpha value is -1.17. The van der Waals surface area contributed by atoms with Crippen molar-refractivity contribution in [1.82, 2.24) is 14.9 Å². The maximum atomic E-state index is 11.3. The fourth-order valence-corrected chi connectivity index (χ4v) is 1.71. The molecule has 2 rings (SSSR count). The number of rotatable bonds is 0. The summed E-state index contributed by atoms with van der Waals surface area (Å²) in [5.74, 6) is -0.685. The molecule has 1 N–H and O–H groups in total. The largest absolute Gasteiger partial charge is 0.317 e. The molecule has 0 fully saturated rings. The van der Waals surface area contributed by atoms with Gasteiger partial charge in [0.15, 0.2) is 4.73 Å². The van der Waals surface area contributed by atoms with E-state index in [1.165, 1.54) is 0 Å². The Kier molecular flexibility index (Phi) is 1.73. The van der Waals surface area contributed by atoms with Crippen molar-refractivity contribution in [1.29, 1.82) is 0 Å². The highest BCUT2D eigenvalue weighted by atomic mass is 79.9. The van der Waals surface area contributed by atoms with Gasteiger partial charge in [0.25, 0.3) is 5.91 Å². The predicted molar refractivity (Wildman–Crippen MR) is 47.1 cm³/mol. The first-order valence-corrected chi connectivity index (χ1v) is 4.44. The summed E-state index contributed by atoms with van der Waals surface area (Å²) in [6.45, 7) is 0. The van der Waals surface area contributed by atoms with Gasteiger partial charge in [-0.3, -0.25) is 14.9 Å². The summed E-state index contributed by atoms with van der Waals surface area (Å²) in [6, 6.07) is 0. The minimum Gasteiger partial charge on any atom is -0.317 e. The second-order valence-corrected chi connectivity index (χ2v) is 3.50. The number of carbonyl (C=O) groups excluding carboxylic acids is 2. The van der Waals surface area contributed by atoms with Crippen molar-refractivity contribution in [2.75, 3.05) is 0 Å². The molecule has 0 aliphatic carbocycles. The van der Waals surface area contributed by atoms with Crippen LogP contribution in [0.4, 0.5) is 0 Å². The molecule has 68 valence electrons. The molecule has 0 atom stereocenters. The number of halogens is 1. The summed E-state index contributed by atoms with van der Waals surface area (Å²) in [5.41, 5.74) is 0.981. The average molecular weight is 244 g/mol. The van der Waals surface area contributed by atoms with Crippen molar-refractivity contribution in [3.8, 4) is 0 Å². The zero-order valence-corrected chi connectivity index (χ0v) is 8.38. The van der Waals surface area contributed by atoms with E-state index < -0.39 is 0 Å². The molecule has 0 radical (unpaired) electrons. The summed E-state index contributed by atoms with van der Waals surface area (Å²) in [7, 11) is 1.71. The number of imide groups is 1. The SMILES string of the molecule is Cn1c(Br)nc2c1C(=O)NC(=O)C2. The van der Waals surface area contributed by atoms with Crippen molar-refractivity contribution in [3.05, 3.63) is 16.1 Å². The van der Waals surface area contributed by atoms with E-state index in [1.54, 1.807) is 11.6 Å². The second-order valence-electron chi connectivity index (χ2n) is 2.79. The highest BCUT2D eigenvalue weighted by molar-refractivity contribution is 9.10. The van der Waals surface area contributed by atoms with Crippen LogP contribution in [-0.2, 0) is 18.3 Å².